The summed E-state index contributed by atoms with van der Waals surface area (Å²) < 4.78 is 39.4. The third kappa shape index (κ3) is 3.90. The molecule has 0 heterocycles. The van der Waals surface area contributed by atoms with Gasteiger partial charge in [0.05, 0.1) is 17.1 Å². The molecule has 3 aromatic rings. The van der Waals surface area contributed by atoms with E-state index in [-0.39, 0.29) is 17.3 Å². The number of carbonyl (C=O) groups excluding carboxylic acids is 1. The first-order chi connectivity index (χ1) is 13.3. The van der Waals surface area contributed by atoms with Crippen LogP contribution in [0.25, 0.3) is 10.8 Å². The first kappa shape index (κ1) is 20.0. The van der Waals surface area contributed by atoms with Crippen molar-refractivity contribution in [3.63, 3.8) is 0 Å². The minimum Gasteiger partial charge on any atom is -0.311 e. The van der Waals surface area contributed by atoms with Gasteiger partial charge in [0, 0.05) is 19.0 Å². The lowest BCUT2D eigenvalue weighted by atomic mass is 10.1. The Labute approximate surface area is 164 Å². The molecule has 0 atom stereocenters. The van der Waals surface area contributed by atoms with Crippen LogP contribution in [0.1, 0.15) is 6.92 Å². The molecule has 0 spiro atoms. The molecule has 0 aliphatic heterocycles. The SMILES string of the molecule is CCN(C(=O)CN(C)S(=O)(=O)c1ccc(F)cc1)c1cccc2ccccc12. The van der Waals surface area contributed by atoms with E-state index in [1.807, 2.05) is 49.4 Å². The summed E-state index contributed by atoms with van der Waals surface area (Å²) in [4.78, 5) is 14.4. The third-order valence-electron chi connectivity index (χ3n) is 4.55. The van der Waals surface area contributed by atoms with Crippen molar-refractivity contribution in [1.82, 2.24) is 4.31 Å². The first-order valence-corrected chi connectivity index (χ1v) is 10.3. The zero-order chi connectivity index (χ0) is 20.3. The molecule has 0 radical (unpaired) electrons. The zero-order valence-electron chi connectivity index (χ0n) is 15.7. The lowest BCUT2D eigenvalue weighted by Crippen LogP contribution is -2.41. The van der Waals surface area contributed by atoms with Crippen molar-refractivity contribution in [1.29, 1.82) is 0 Å². The first-order valence-electron chi connectivity index (χ1n) is 8.84. The fourth-order valence-electron chi connectivity index (χ4n) is 3.07. The quantitative estimate of drug-likeness (QED) is 0.635. The number of hydrogen-bond acceptors (Lipinski definition) is 3. The van der Waals surface area contributed by atoms with Gasteiger partial charge in [-0.1, -0.05) is 36.4 Å². The van der Waals surface area contributed by atoms with E-state index in [4.69, 9.17) is 0 Å². The molecule has 0 fully saturated rings. The van der Waals surface area contributed by atoms with Crippen LogP contribution in [0.3, 0.4) is 0 Å². The van der Waals surface area contributed by atoms with Crippen LogP contribution in [0.5, 0.6) is 0 Å². The molecule has 28 heavy (non-hydrogen) atoms. The highest BCUT2D eigenvalue weighted by molar-refractivity contribution is 7.89. The highest BCUT2D eigenvalue weighted by Crippen LogP contribution is 2.27. The van der Waals surface area contributed by atoms with E-state index in [1.54, 1.807) is 4.90 Å². The van der Waals surface area contributed by atoms with Crippen LogP contribution in [0.4, 0.5) is 10.1 Å². The van der Waals surface area contributed by atoms with Crippen LogP contribution in [0.15, 0.2) is 71.6 Å². The molecule has 1 amide bonds. The molecule has 0 bridgehead atoms. The average Bonchev–Trinajstić information content (AvgIpc) is 2.69. The highest BCUT2D eigenvalue weighted by Gasteiger charge is 2.26. The summed E-state index contributed by atoms with van der Waals surface area (Å²) in [6, 6.07) is 17.9. The lowest BCUT2D eigenvalue weighted by molar-refractivity contribution is -0.118. The number of carbonyl (C=O) groups is 1. The molecule has 0 aliphatic rings. The van der Waals surface area contributed by atoms with Crippen LogP contribution in [0, 0.1) is 5.82 Å². The highest BCUT2D eigenvalue weighted by atomic mass is 32.2. The maximum absolute atomic E-state index is 13.1. The van der Waals surface area contributed by atoms with E-state index in [2.05, 4.69) is 0 Å². The van der Waals surface area contributed by atoms with Crippen molar-refractivity contribution >= 4 is 32.4 Å². The van der Waals surface area contributed by atoms with Gasteiger partial charge in [0.1, 0.15) is 5.82 Å². The molecule has 0 saturated carbocycles. The molecule has 3 rings (SSSR count). The minimum absolute atomic E-state index is 0.0580. The van der Waals surface area contributed by atoms with Crippen LogP contribution in [-0.4, -0.2) is 38.8 Å². The molecule has 0 N–H and O–H groups in total. The molecular formula is C21H21FN2O3S. The fraction of sp³-hybridized carbons (Fsp3) is 0.190. The number of amides is 1. The number of sulfonamides is 1. The molecule has 0 aromatic heterocycles. The van der Waals surface area contributed by atoms with Crippen LogP contribution < -0.4 is 4.90 Å². The van der Waals surface area contributed by atoms with Crippen molar-refractivity contribution in [2.75, 3.05) is 25.0 Å². The Kier molecular flexibility index (Phi) is 5.76. The molecule has 3 aromatic carbocycles. The summed E-state index contributed by atoms with van der Waals surface area (Å²) in [5.74, 6) is -0.863. The van der Waals surface area contributed by atoms with Gasteiger partial charge in [-0.05, 0) is 42.6 Å². The second kappa shape index (κ2) is 8.08. The Morgan fingerprint density at radius 2 is 1.61 bits per heavy atom. The number of rotatable bonds is 6. The van der Waals surface area contributed by atoms with E-state index in [1.165, 1.54) is 19.2 Å². The van der Waals surface area contributed by atoms with E-state index in [9.17, 15) is 17.6 Å². The van der Waals surface area contributed by atoms with E-state index >= 15 is 0 Å². The predicted octanol–water partition coefficient (Wildman–Crippen LogP) is 3.65. The Hall–Kier alpha value is -2.77. The molecular weight excluding hydrogens is 379 g/mol. The number of halogens is 1. The van der Waals surface area contributed by atoms with Crippen LogP contribution >= 0.6 is 0 Å². The molecule has 7 heteroatoms. The van der Waals surface area contributed by atoms with Gasteiger partial charge in [0.25, 0.3) is 0 Å². The number of nitrogens with zero attached hydrogens (tertiary/aromatic N) is 2. The predicted molar refractivity (Wildman–Crippen MR) is 108 cm³/mol. The monoisotopic (exact) mass is 400 g/mol. The van der Waals surface area contributed by atoms with Gasteiger partial charge >= 0.3 is 0 Å². The van der Waals surface area contributed by atoms with E-state index in [0.717, 1.165) is 32.9 Å². The fourth-order valence-corrected chi connectivity index (χ4v) is 4.19. The number of fused-ring (bicyclic) bond motifs is 1. The van der Waals surface area contributed by atoms with Crippen molar-refractivity contribution < 1.29 is 17.6 Å². The summed E-state index contributed by atoms with van der Waals surface area (Å²) >= 11 is 0. The lowest BCUT2D eigenvalue weighted by Gasteiger charge is -2.25. The smallest absolute Gasteiger partial charge is 0.243 e. The Morgan fingerprint density at radius 3 is 2.29 bits per heavy atom. The largest absolute Gasteiger partial charge is 0.311 e. The number of anilines is 1. The van der Waals surface area contributed by atoms with E-state index < -0.39 is 15.8 Å². The molecule has 5 nitrogen and oxygen atoms in total. The number of benzene rings is 3. The van der Waals surface area contributed by atoms with Crippen LogP contribution in [0.2, 0.25) is 0 Å². The van der Waals surface area contributed by atoms with Crippen molar-refractivity contribution in [2.45, 2.75) is 11.8 Å². The summed E-state index contributed by atoms with van der Waals surface area (Å²) in [5.41, 5.74) is 0.734. The van der Waals surface area contributed by atoms with Crippen molar-refractivity contribution in [2.24, 2.45) is 0 Å². The summed E-state index contributed by atoms with van der Waals surface area (Å²) in [6.07, 6.45) is 0. The molecule has 146 valence electrons. The standard InChI is InChI=1S/C21H21FN2O3S/c1-3-24(20-10-6-8-16-7-4-5-9-19(16)20)21(25)15-23(2)28(26,27)18-13-11-17(22)12-14-18/h4-14H,3,15H2,1-2H3. The topological polar surface area (TPSA) is 57.7 Å². The van der Waals surface area contributed by atoms with Crippen LogP contribution in [-0.2, 0) is 14.8 Å². The Morgan fingerprint density at radius 1 is 0.964 bits per heavy atom. The summed E-state index contributed by atoms with van der Waals surface area (Å²) in [5, 5.41) is 1.92. The second-order valence-electron chi connectivity index (χ2n) is 6.35. The average molecular weight is 400 g/mol. The molecule has 0 aliphatic carbocycles. The zero-order valence-corrected chi connectivity index (χ0v) is 16.5. The Bertz CT molecular complexity index is 1090. The third-order valence-corrected chi connectivity index (χ3v) is 6.37. The van der Waals surface area contributed by atoms with Gasteiger partial charge in [-0.3, -0.25) is 4.79 Å². The van der Waals surface area contributed by atoms with Gasteiger partial charge in [-0.2, -0.15) is 4.31 Å². The Balaban J connectivity index is 1.86. The molecule has 0 saturated heterocycles. The van der Waals surface area contributed by atoms with E-state index in [0.29, 0.717) is 6.54 Å². The van der Waals surface area contributed by atoms with Gasteiger partial charge in [0.2, 0.25) is 15.9 Å². The van der Waals surface area contributed by atoms with Gasteiger partial charge < -0.3 is 4.90 Å². The maximum atomic E-state index is 13.1. The summed E-state index contributed by atoms with van der Waals surface area (Å²) in [6.45, 7) is 1.92. The molecule has 0 unspecified atom stereocenters. The van der Waals surface area contributed by atoms with Crippen molar-refractivity contribution in [3.05, 3.63) is 72.5 Å². The number of hydrogen-bond donors (Lipinski definition) is 0. The number of likely N-dealkylation sites (N-methyl/N-ethyl adjacent to an activating group) is 2. The van der Waals surface area contributed by atoms with Crippen molar-refractivity contribution in [3.8, 4) is 0 Å². The summed E-state index contributed by atoms with van der Waals surface area (Å²) in [7, 11) is -2.56. The van der Waals surface area contributed by atoms with Gasteiger partial charge in [0.15, 0.2) is 0 Å². The normalized spacial score (nSPS) is 11.7. The minimum atomic E-state index is -3.90. The second-order valence-corrected chi connectivity index (χ2v) is 8.40. The van der Waals surface area contributed by atoms with Gasteiger partial charge in [-0.25, -0.2) is 12.8 Å². The van der Waals surface area contributed by atoms with Gasteiger partial charge in [-0.15, -0.1) is 0 Å². The maximum Gasteiger partial charge on any atom is 0.243 e.